The van der Waals surface area contributed by atoms with Crippen LogP contribution in [0.5, 0.6) is 0 Å². The Kier molecular flexibility index (Phi) is 9.01. The van der Waals surface area contributed by atoms with Gasteiger partial charge in [0, 0.05) is 39.3 Å². The molecular weight excluding hydrogens is 437 g/mol. The van der Waals surface area contributed by atoms with Gasteiger partial charge in [0.05, 0.1) is 18.8 Å². The zero-order valence-corrected chi connectivity index (χ0v) is 17.6. The summed E-state index contributed by atoms with van der Waals surface area (Å²) in [6.07, 6.45) is -0.247. The third kappa shape index (κ3) is 6.05. The molecule has 0 saturated carbocycles. The monoisotopic (exact) mass is 465 g/mol. The molecule has 1 amide bonds. The van der Waals surface area contributed by atoms with Crippen LogP contribution in [0.2, 0.25) is 0 Å². The summed E-state index contributed by atoms with van der Waals surface area (Å²) in [7, 11) is 1.75. The van der Waals surface area contributed by atoms with Gasteiger partial charge in [-0.05, 0) is 12.8 Å². The minimum Gasteiger partial charge on any atom is -0.450 e. The van der Waals surface area contributed by atoms with Gasteiger partial charge in [0.25, 0.3) is 0 Å². The summed E-state index contributed by atoms with van der Waals surface area (Å²) in [4.78, 5) is 19.9. The minimum atomic E-state index is -0.247. The third-order valence-electron chi connectivity index (χ3n) is 3.91. The van der Waals surface area contributed by atoms with E-state index in [-0.39, 0.29) is 30.1 Å². The van der Waals surface area contributed by atoms with Crippen LogP contribution in [0.3, 0.4) is 0 Å². The Balaban J connectivity index is 0.00000312. The fourth-order valence-electron chi connectivity index (χ4n) is 2.50. The van der Waals surface area contributed by atoms with E-state index in [1.54, 1.807) is 11.9 Å². The molecule has 142 valence electrons. The van der Waals surface area contributed by atoms with Gasteiger partial charge in [-0.2, -0.15) is 0 Å². The molecule has 1 N–H and O–H groups in total. The maximum atomic E-state index is 11.7. The fraction of sp³-hybridized carbons (Fsp3) is 0.688. The fourth-order valence-corrected chi connectivity index (χ4v) is 2.50. The Morgan fingerprint density at radius 1 is 1.36 bits per heavy atom. The summed E-state index contributed by atoms with van der Waals surface area (Å²) in [5, 5.41) is 7.34. The van der Waals surface area contributed by atoms with Gasteiger partial charge in [0.1, 0.15) is 0 Å². The van der Waals surface area contributed by atoms with E-state index in [1.807, 2.05) is 13.0 Å². The van der Waals surface area contributed by atoms with Gasteiger partial charge in [-0.15, -0.1) is 24.0 Å². The van der Waals surface area contributed by atoms with Crippen LogP contribution >= 0.6 is 24.0 Å². The van der Waals surface area contributed by atoms with Crippen molar-refractivity contribution in [2.24, 2.45) is 4.99 Å². The van der Waals surface area contributed by atoms with Crippen molar-refractivity contribution >= 4 is 36.0 Å². The minimum absolute atomic E-state index is 0. The van der Waals surface area contributed by atoms with Crippen molar-refractivity contribution in [3.8, 4) is 0 Å². The smallest absolute Gasteiger partial charge is 0.409 e. The lowest BCUT2D eigenvalue weighted by molar-refractivity contribution is 0.0914. The van der Waals surface area contributed by atoms with E-state index >= 15 is 0 Å². The normalized spacial score (nSPS) is 15.2. The molecule has 0 aliphatic carbocycles. The van der Waals surface area contributed by atoms with Gasteiger partial charge in [0.15, 0.2) is 11.7 Å². The highest BCUT2D eigenvalue weighted by Crippen LogP contribution is 2.14. The molecule has 25 heavy (non-hydrogen) atoms. The highest BCUT2D eigenvalue weighted by molar-refractivity contribution is 14.0. The lowest BCUT2D eigenvalue weighted by atomic mass is 10.1. The zero-order chi connectivity index (χ0) is 17.5. The summed E-state index contributed by atoms with van der Waals surface area (Å²) in [5.74, 6) is 1.92. The van der Waals surface area contributed by atoms with E-state index in [1.165, 1.54) is 0 Å². The van der Waals surface area contributed by atoms with Crippen LogP contribution in [0.4, 0.5) is 4.79 Å². The second-order valence-electron chi connectivity index (χ2n) is 5.95. The van der Waals surface area contributed by atoms with E-state index in [0.29, 0.717) is 45.2 Å². The van der Waals surface area contributed by atoms with Crippen molar-refractivity contribution in [3.63, 3.8) is 0 Å². The molecule has 1 fully saturated rings. The Bertz CT molecular complexity index is 568. The number of halogens is 1. The van der Waals surface area contributed by atoms with Crippen LogP contribution < -0.4 is 5.32 Å². The number of ether oxygens (including phenoxy) is 1. The molecule has 0 radical (unpaired) electrons. The van der Waals surface area contributed by atoms with Gasteiger partial charge in [0.2, 0.25) is 0 Å². The van der Waals surface area contributed by atoms with E-state index in [4.69, 9.17) is 9.26 Å². The van der Waals surface area contributed by atoms with Gasteiger partial charge < -0.3 is 24.4 Å². The molecule has 2 heterocycles. The van der Waals surface area contributed by atoms with Gasteiger partial charge >= 0.3 is 6.09 Å². The number of guanidine groups is 1. The van der Waals surface area contributed by atoms with Gasteiger partial charge in [-0.3, -0.25) is 4.99 Å². The Labute approximate surface area is 166 Å². The molecule has 1 aliphatic rings. The van der Waals surface area contributed by atoms with Crippen LogP contribution in [0.15, 0.2) is 15.6 Å². The highest BCUT2D eigenvalue weighted by Gasteiger charge is 2.23. The summed E-state index contributed by atoms with van der Waals surface area (Å²) in [5.41, 5.74) is 0.949. The van der Waals surface area contributed by atoms with Crippen molar-refractivity contribution in [1.29, 1.82) is 0 Å². The van der Waals surface area contributed by atoms with Crippen LogP contribution in [-0.4, -0.2) is 66.8 Å². The Morgan fingerprint density at radius 2 is 2.00 bits per heavy atom. The predicted octanol–water partition coefficient (Wildman–Crippen LogP) is 2.27. The van der Waals surface area contributed by atoms with Gasteiger partial charge in [-0.1, -0.05) is 19.0 Å². The second kappa shape index (κ2) is 10.5. The number of aliphatic imine (C=N–C) groups is 1. The molecule has 8 nitrogen and oxygen atoms in total. The van der Waals surface area contributed by atoms with Crippen molar-refractivity contribution < 1.29 is 14.1 Å². The van der Waals surface area contributed by atoms with E-state index < -0.39 is 0 Å². The van der Waals surface area contributed by atoms with E-state index in [2.05, 4.69) is 34.2 Å². The number of hydrogen-bond donors (Lipinski definition) is 1. The Morgan fingerprint density at radius 3 is 2.52 bits per heavy atom. The number of carbonyl (C=O) groups is 1. The molecule has 0 bridgehead atoms. The van der Waals surface area contributed by atoms with E-state index in [0.717, 1.165) is 17.4 Å². The number of carbonyl (C=O) groups excluding carboxylic acids is 1. The number of aromatic nitrogens is 1. The number of amides is 1. The standard InChI is InChI=1S/C16H27N5O3.HI/c1-5-23-16(22)21-8-6-20(7-9-21)15(17-4)18-11-13-10-14(12(2)3)19-24-13;/h10,12H,5-9,11H2,1-4H3,(H,17,18);1H. The molecule has 9 heteroatoms. The van der Waals surface area contributed by atoms with Crippen molar-refractivity contribution in [2.75, 3.05) is 39.8 Å². The average Bonchev–Trinajstić information content (AvgIpc) is 3.05. The molecule has 0 aromatic carbocycles. The first-order valence-electron chi connectivity index (χ1n) is 8.38. The lowest BCUT2D eigenvalue weighted by Gasteiger charge is -2.35. The van der Waals surface area contributed by atoms with Crippen LogP contribution in [0, 0.1) is 0 Å². The number of piperazine rings is 1. The summed E-state index contributed by atoms with van der Waals surface area (Å²) >= 11 is 0. The molecule has 1 aliphatic heterocycles. The zero-order valence-electron chi connectivity index (χ0n) is 15.3. The maximum absolute atomic E-state index is 11.7. The molecule has 2 rings (SSSR count). The molecule has 1 aromatic heterocycles. The third-order valence-corrected chi connectivity index (χ3v) is 3.91. The number of rotatable bonds is 4. The first kappa shape index (κ1) is 21.5. The van der Waals surface area contributed by atoms with Crippen molar-refractivity contribution in [1.82, 2.24) is 20.3 Å². The number of nitrogens with zero attached hydrogens (tertiary/aromatic N) is 4. The maximum Gasteiger partial charge on any atom is 0.409 e. The topological polar surface area (TPSA) is 83.2 Å². The SMILES string of the molecule is CCOC(=O)N1CCN(C(=NC)NCc2cc(C(C)C)no2)CC1.I. The lowest BCUT2D eigenvalue weighted by Crippen LogP contribution is -2.53. The van der Waals surface area contributed by atoms with Crippen LogP contribution in [0.25, 0.3) is 0 Å². The van der Waals surface area contributed by atoms with Crippen LogP contribution in [-0.2, 0) is 11.3 Å². The van der Waals surface area contributed by atoms with Crippen LogP contribution in [0.1, 0.15) is 38.1 Å². The van der Waals surface area contributed by atoms with Crippen molar-refractivity contribution in [2.45, 2.75) is 33.2 Å². The molecule has 0 atom stereocenters. The largest absolute Gasteiger partial charge is 0.450 e. The highest BCUT2D eigenvalue weighted by atomic mass is 127. The Hall–Kier alpha value is -1.52. The first-order chi connectivity index (χ1) is 11.5. The number of nitrogens with one attached hydrogen (secondary N) is 1. The molecular formula is C16H28IN5O3. The first-order valence-corrected chi connectivity index (χ1v) is 8.38. The summed E-state index contributed by atoms with van der Waals surface area (Å²) in [6, 6.07) is 1.96. The molecule has 0 spiro atoms. The molecule has 1 saturated heterocycles. The molecule has 0 unspecified atom stereocenters. The molecule has 1 aromatic rings. The number of hydrogen-bond acceptors (Lipinski definition) is 5. The van der Waals surface area contributed by atoms with Crippen molar-refractivity contribution in [3.05, 3.63) is 17.5 Å². The summed E-state index contributed by atoms with van der Waals surface area (Å²) in [6.45, 7) is 9.58. The summed E-state index contributed by atoms with van der Waals surface area (Å²) < 4.78 is 10.4. The average molecular weight is 465 g/mol. The van der Waals surface area contributed by atoms with Gasteiger partial charge in [-0.25, -0.2) is 4.79 Å². The predicted molar refractivity (Wildman–Crippen MR) is 106 cm³/mol. The van der Waals surface area contributed by atoms with E-state index in [9.17, 15) is 4.79 Å². The second-order valence-corrected chi connectivity index (χ2v) is 5.95. The quantitative estimate of drug-likeness (QED) is 0.418.